The molecule has 1 aromatic carbocycles. The minimum Gasteiger partial charge on any atom is -0.406 e. The van der Waals surface area contributed by atoms with Crippen LogP contribution in [0.25, 0.3) is 0 Å². The first-order valence-electron chi connectivity index (χ1n) is 8.54. The number of amides is 2. The van der Waals surface area contributed by atoms with E-state index in [9.17, 15) is 18.0 Å². The van der Waals surface area contributed by atoms with Gasteiger partial charge in [-0.1, -0.05) is 0 Å². The SMILES string of the molecule is O=C(NC[C@H]1CCN(c2ccc(OC(F)(F)F)cc2)C1)N1CCCC1. The van der Waals surface area contributed by atoms with Crippen molar-refractivity contribution in [2.24, 2.45) is 5.92 Å². The van der Waals surface area contributed by atoms with Crippen molar-refractivity contribution in [3.63, 3.8) is 0 Å². The molecule has 1 atom stereocenters. The summed E-state index contributed by atoms with van der Waals surface area (Å²) >= 11 is 0. The molecule has 2 aliphatic heterocycles. The van der Waals surface area contributed by atoms with E-state index in [1.54, 1.807) is 12.1 Å². The summed E-state index contributed by atoms with van der Waals surface area (Å²) in [6, 6.07) is 5.92. The highest BCUT2D eigenvalue weighted by atomic mass is 19.4. The van der Waals surface area contributed by atoms with Crippen LogP contribution in [0.15, 0.2) is 24.3 Å². The first-order chi connectivity index (χ1) is 11.9. The number of halogens is 3. The van der Waals surface area contributed by atoms with E-state index in [0.29, 0.717) is 12.5 Å². The fourth-order valence-corrected chi connectivity index (χ4v) is 3.36. The molecule has 0 bridgehead atoms. The Hall–Kier alpha value is -2.12. The zero-order valence-electron chi connectivity index (χ0n) is 13.9. The lowest BCUT2D eigenvalue weighted by Gasteiger charge is -2.20. The van der Waals surface area contributed by atoms with Gasteiger partial charge in [-0.2, -0.15) is 0 Å². The number of nitrogens with zero attached hydrogens (tertiary/aromatic N) is 2. The number of nitrogens with one attached hydrogen (secondary N) is 1. The number of alkyl halides is 3. The zero-order chi connectivity index (χ0) is 17.9. The van der Waals surface area contributed by atoms with Crippen molar-refractivity contribution < 1.29 is 22.7 Å². The van der Waals surface area contributed by atoms with Crippen LogP contribution in [0.3, 0.4) is 0 Å². The fourth-order valence-electron chi connectivity index (χ4n) is 3.36. The van der Waals surface area contributed by atoms with Gasteiger partial charge in [-0.25, -0.2) is 4.79 Å². The Balaban J connectivity index is 1.46. The Kier molecular flexibility index (Phi) is 5.24. The van der Waals surface area contributed by atoms with E-state index in [0.717, 1.165) is 51.1 Å². The number of benzene rings is 1. The summed E-state index contributed by atoms with van der Waals surface area (Å²) in [4.78, 5) is 16.0. The third-order valence-corrected chi connectivity index (χ3v) is 4.66. The van der Waals surface area contributed by atoms with Gasteiger partial charge in [-0.15, -0.1) is 13.2 Å². The van der Waals surface area contributed by atoms with Gasteiger partial charge in [-0.05, 0) is 49.4 Å². The number of carbonyl (C=O) groups is 1. The van der Waals surface area contributed by atoms with Gasteiger partial charge in [0.15, 0.2) is 0 Å². The van der Waals surface area contributed by atoms with Gasteiger partial charge in [0.05, 0.1) is 0 Å². The highest BCUT2D eigenvalue weighted by Crippen LogP contribution is 2.28. The Bertz CT molecular complexity index is 586. The summed E-state index contributed by atoms with van der Waals surface area (Å²) in [6.45, 7) is 3.88. The van der Waals surface area contributed by atoms with Crippen molar-refractivity contribution >= 4 is 11.7 Å². The number of carbonyl (C=O) groups excluding carboxylic acids is 1. The molecule has 0 spiro atoms. The molecule has 1 aromatic rings. The third-order valence-electron chi connectivity index (χ3n) is 4.66. The van der Waals surface area contributed by atoms with Crippen LogP contribution in [-0.2, 0) is 0 Å². The number of hydrogen-bond donors (Lipinski definition) is 1. The molecule has 138 valence electrons. The van der Waals surface area contributed by atoms with E-state index in [4.69, 9.17) is 0 Å². The van der Waals surface area contributed by atoms with Crippen molar-refractivity contribution in [1.82, 2.24) is 10.2 Å². The molecule has 0 radical (unpaired) electrons. The summed E-state index contributed by atoms with van der Waals surface area (Å²) in [6.07, 6.45) is -1.59. The molecular formula is C17H22F3N3O2. The van der Waals surface area contributed by atoms with Crippen LogP contribution in [0.5, 0.6) is 5.75 Å². The van der Waals surface area contributed by atoms with Crippen molar-refractivity contribution in [3.05, 3.63) is 24.3 Å². The second kappa shape index (κ2) is 7.41. The fraction of sp³-hybridized carbons (Fsp3) is 0.588. The summed E-state index contributed by atoms with van der Waals surface area (Å²) in [5.41, 5.74) is 0.864. The number of likely N-dealkylation sites (tertiary alicyclic amines) is 1. The number of hydrogen-bond acceptors (Lipinski definition) is 3. The van der Waals surface area contributed by atoms with E-state index in [1.807, 2.05) is 4.90 Å². The van der Waals surface area contributed by atoms with Crippen molar-refractivity contribution in [2.45, 2.75) is 25.6 Å². The van der Waals surface area contributed by atoms with Crippen LogP contribution >= 0.6 is 0 Å². The van der Waals surface area contributed by atoms with Crippen LogP contribution < -0.4 is 15.0 Å². The van der Waals surface area contributed by atoms with E-state index in [1.165, 1.54) is 12.1 Å². The molecule has 5 nitrogen and oxygen atoms in total. The molecular weight excluding hydrogens is 335 g/mol. The second-order valence-electron chi connectivity index (χ2n) is 6.52. The quantitative estimate of drug-likeness (QED) is 0.900. The van der Waals surface area contributed by atoms with E-state index >= 15 is 0 Å². The Morgan fingerprint density at radius 3 is 2.48 bits per heavy atom. The number of anilines is 1. The molecule has 0 aromatic heterocycles. The van der Waals surface area contributed by atoms with Gasteiger partial charge in [0.1, 0.15) is 5.75 Å². The molecule has 2 fully saturated rings. The van der Waals surface area contributed by atoms with Crippen molar-refractivity contribution in [2.75, 3.05) is 37.6 Å². The highest BCUT2D eigenvalue weighted by Gasteiger charge is 2.31. The lowest BCUT2D eigenvalue weighted by atomic mass is 10.1. The first-order valence-corrected chi connectivity index (χ1v) is 8.54. The van der Waals surface area contributed by atoms with Gasteiger partial charge >= 0.3 is 12.4 Å². The Morgan fingerprint density at radius 1 is 1.16 bits per heavy atom. The molecule has 2 heterocycles. The maximum atomic E-state index is 12.2. The van der Waals surface area contributed by atoms with E-state index in [-0.39, 0.29) is 11.8 Å². The average Bonchev–Trinajstić information content (AvgIpc) is 3.24. The van der Waals surface area contributed by atoms with Crippen LogP contribution in [0.4, 0.5) is 23.7 Å². The topological polar surface area (TPSA) is 44.8 Å². The number of urea groups is 1. The van der Waals surface area contributed by atoms with Crippen molar-refractivity contribution in [3.8, 4) is 5.75 Å². The van der Waals surface area contributed by atoms with Gasteiger partial charge in [0.25, 0.3) is 0 Å². The minimum atomic E-state index is -4.67. The van der Waals surface area contributed by atoms with Crippen LogP contribution in [0.2, 0.25) is 0 Å². The van der Waals surface area contributed by atoms with Crippen LogP contribution in [-0.4, -0.2) is 50.0 Å². The number of rotatable bonds is 4. The van der Waals surface area contributed by atoms with Crippen molar-refractivity contribution in [1.29, 1.82) is 0 Å². The van der Waals surface area contributed by atoms with Gasteiger partial charge < -0.3 is 19.9 Å². The van der Waals surface area contributed by atoms with Gasteiger partial charge in [-0.3, -0.25) is 0 Å². The molecule has 0 aliphatic carbocycles. The summed E-state index contributed by atoms with van der Waals surface area (Å²) in [5.74, 6) is 0.127. The largest absolute Gasteiger partial charge is 0.573 e. The Morgan fingerprint density at radius 2 is 1.84 bits per heavy atom. The summed E-state index contributed by atoms with van der Waals surface area (Å²) in [7, 11) is 0. The van der Waals surface area contributed by atoms with E-state index < -0.39 is 6.36 Å². The smallest absolute Gasteiger partial charge is 0.406 e. The zero-order valence-corrected chi connectivity index (χ0v) is 13.9. The molecule has 8 heteroatoms. The predicted molar refractivity (Wildman–Crippen MR) is 87.7 cm³/mol. The normalized spacial score (nSPS) is 20.8. The second-order valence-corrected chi connectivity index (χ2v) is 6.52. The lowest BCUT2D eigenvalue weighted by Crippen LogP contribution is -2.40. The molecule has 3 rings (SSSR count). The summed E-state index contributed by atoms with van der Waals surface area (Å²) in [5, 5.41) is 2.99. The van der Waals surface area contributed by atoms with Crippen LogP contribution in [0, 0.1) is 5.92 Å². The monoisotopic (exact) mass is 357 g/mol. The molecule has 2 amide bonds. The molecule has 2 aliphatic rings. The van der Waals surface area contributed by atoms with Gasteiger partial charge in [0.2, 0.25) is 0 Å². The maximum absolute atomic E-state index is 12.2. The third kappa shape index (κ3) is 4.93. The minimum absolute atomic E-state index is 0.00426. The van der Waals surface area contributed by atoms with E-state index in [2.05, 4.69) is 15.0 Å². The highest BCUT2D eigenvalue weighted by molar-refractivity contribution is 5.74. The first kappa shape index (κ1) is 17.7. The molecule has 2 saturated heterocycles. The lowest BCUT2D eigenvalue weighted by molar-refractivity contribution is -0.274. The summed E-state index contributed by atoms with van der Waals surface area (Å²) < 4.78 is 40.4. The number of ether oxygens (including phenoxy) is 1. The average molecular weight is 357 g/mol. The molecule has 1 N–H and O–H groups in total. The van der Waals surface area contributed by atoms with Gasteiger partial charge in [0, 0.05) is 38.4 Å². The Labute approximate surface area is 144 Å². The standard InChI is InChI=1S/C17H22F3N3O2/c18-17(19,20)25-15-5-3-14(4-6-15)23-10-7-13(12-23)11-21-16(24)22-8-1-2-9-22/h3-6,13H,1-2,7-12H2,(H,21,24)/t13-/m1/s1. The van der Waals surface area contributed by atoms with Crippen LogP contribution in [0.1, 0.15) is 19.3 Å². The molecule has 25 heavy (non-hydrogen) atoms. The molecule has 0 unspecified atom stereocenters. The molecule has 0 saturated carbocycles. The predicted octanol–water partition coefficient (Wildman–Crippen LogP) is 3.22. The maximum Gasteiger partial charge on any atom is 0.573 e.